The highest BCUT2D eigenvalue weighted by atomic mass is 32.1. The Bertz CT molecular complexity index is 683. The predicted octanol–water partition coefficient (Wildman–Crippen LogP) is 2.38. The molecule has 0 aromatic carbocycles. The Kier molecular flexibility index (Phi) is 4.86. The molecule has 2 aliphatic rings. The van der Waals surface area contributed by atoms with Crippen molar-refractivity contribution in [2.24, 2.45) is 5.41 Å². The summed E-state index contributed by atoms with van der Waals surface area (Å²) < 4.78 is 10.8. The first-order valence-corrected chi connectivity index (χ1v) is 9.76. The van der Waals surface area contributed by atoms with Gasteiger partial charge in [0.25, 0.3) is 0 Å². The van der Waals surface area contributed by atoms with Crippen LogP contribution in [0.2, 0.25) is 0 Å². The smallest absolute Gasteiger partial charge is 0.240 e. The summed E-state index contributed by atoms with van der Waals surface area (Å²) in [4.78, 5) is 11.5. The number of nitrogens with zero attached hydrogens (tertiary/aromatic N) is 4. The molecule has 0 amide bonds. The normalized spacial score (nSPS) is 23.2. The van der Waals surface area contributed by atoms with Gasteiger partial charge in [-0.05, 0) is 44.7 Å². The van der Waals surface area contributed by atoms with Gasteiger partial charge in [-0.25, -0.2) is 4.98 Å². The summed E-state index contributed by atoms with van der Waals surface area (Å²) in [6.45, 7) is 5.68. The highest BCUT2D eigenvalue weighted by Gasteiger charge is 2.56. The molecule has 0 bridgehead atoms. The van der Waals surface area contributed by atoms with Crippen LogP contribution in [0.4, 0.5) is 0 Å². The number of piperidine rings is 1. The molecule has 25 heavy (non-hydrogen) atoms. The van der Waals surface area contributed by atoms with Crippen LogP contribution in [0.25, 0.3) is 0 Å². The molecule has 4 rings (SSSR count). The average molecular weight is 363 g/mol. The highest BCUT2D eigenvalue weighted by Crippen LogP contribution is 2.56. The average Bonchev–Trinajstić information content (AvgIpc) is 3.03. The molecule has 1 aliphatic carbocycles. The minimum absolute atomic E-state index is 0.151. The van der Waals surface area contributed by atoms with Gasteiger partial charge in [0, 0.05) is 24.7 Å². The van der Waals surface area contributed by atoms with E-state index in [-0.39, 0.29) is 6.10 Å². The molecule has 8 heteroatoms. The van der Waals surface area contributed by atoms with E-state index in [9.17, 15) is 0 Å². The van der Waals surface area contributed by atoms with Crippen molar-refractivity contribution in [3.05, 3.63) is 28.3 Å². The maximum Gasteiger partial charge on any atom is 0.240 e. The lowest BCUT2D eigenvalue weighted by Crippen LogP contribution is -2.35. The van der Waals surface area contributed by atoms with E-state index in [1.807, 2.05) is 18.5 Å². The molecular formula is C17H25N5O2S. The number of ether oxygens (including phenoxy) is 1. The van der Waals surface area contributed by atoms with Gasteiger partial charge >= 0.3 is 0 Å². The van der Waals surface area contributed by atoms with Crippen molar-refractivity contribution >= 4 is 11.3 Å². The fourth-order valence-corrected chi connectivity index (χ4v) is 4.50. The van der Waals surface area contributed by atoms with Crippen molar-refractivity contribution in [3.63, 3.8) is 0 Å². The van der Waals surface area contributed by atoms with E-state index in [1.54, 1.807) is 18.4 Å². The number of rotatable bonds is 7. The molecule has 2 fully saturated rings. The topological polar surface area (TPSA) is 76.3 Å². The third kappa shape index (κ3) is 3.62. The third-order valence-corrected chi connectivity index (χ3v) is 6.31. The van der Waals surface area contributed by atoms with Gasteiger partial charge in [-0.3, -0.25) is 4.90 Å². The van der Waals surface area contributed by atoms with Crippen LogP contribution in [-0.2, 0) is 17.8 Å². The number of methoxy groups -OCH3 is 1. The molecule has 0 unspecified atom stereocenters. The van der Waals surface area contributed by atoms with Gasteiger partial charge in [-0.1, -0.05) is 5.16 Å². The summed E-state index contributed by atoms with van der Waals surface area (Å²) >= 11 is 1.70. The molecule has 7 nitrogen and oxygen atoms in total. The molecule has 0 radical (unpaired) electrons. The Morgan fingerprint density at radius 1 is 1.44 bits per heavy atom. The van der Waals surface area contributed by atoms with Crippen LogP contribution in [0.3, 0.4) is 0 Å². The summed E-state index contributed by atoms with van der Waals surface area (Å²) in [5.41, 5.74) is 0.463. The predicted molar refractivity (Wildman–Crippen MR) is 94.0 cm³/mol. The van der Waals surface area contributed by atoms with Crippen molar-refractivity contribution in [1.82, 2.24) is 25.3 Å². The van der Waals surface area contributed by atoms with Crippen molar-refractivity contribution in [2.45, 2.75) is 51.4 Å². The molecular weight excluding hydrogens is 338 g/mol. The number of thiazole rings is 1. The molecule has 2 atom stereocenters. The van der Waals surface area contributed by atoms with Crippen molar-refractivity contribution in [1.29, 1.82) is 0 Å². The Balaban J connectivity index is 1.49. The number of aromatic nitrogens is 3. The van der Waals surface area contributed by atoms with Gasteiger partial charge in [0.2, 0.25) is 5.89 Å². The lowest BCUT2D eigenvalue weighted by Gasteiger charge is -2.28. The van der Waals surface area contributed by atoms with E-state index in [0.717, 1.165) is 24.6 Å². The Labute approximate surface area is 151 Å². The maximum atomic E-state index is 5.48. The maximum absolute atomic E-state index is 5.48. The zero-order valence-electron chi connectivity index (χ0n) is 14.8. The van der Waals surface area contributed by atoms with Crippen molar-refractivity contribution < 1.29 is 9.26 Å². The molecule has 1 aliphatic heterocycles. The first kappa shape index (κ1) is 17.1. The van der Waals surface area contributed by atoms with Crippen LogP contribution in [0.5, 0.6) is 0 Å². The van der Waals surface area contributed by atoms with E-state index in [2.05, 4.69) is 25.3 Å². The SMILES string of the molecule is CO[C@@H](C)c1noc(CN(Cc2nccs2)[C@H]2CC23CCNCC3)n1. The first-order valence-electron chi connectivity index (χ1n) is 8.88. The standard InChI is InChI=1S/C17H25N5O2S/c1-12(23-2)16-20-14(24-21-16)10-22(11-15-19-7-8-25-15)13-9-17(13)3-5-18-6-4-17/h7-8,12-13,18H,3-6,9-11H2,1-2H3/t12-,13-/m0/s1. The van der Waals surface area contributed by atoms with Crippen LogP contribution < -0.4 is 5.32 Å². The molecule has 2 aromatic heterocycles. The summed E-state index contributed by atoms with van der Waals surface area (Å²) in [6.07, 6.45) is 5.48. The fourth-order valence-electron chi connectivity index (χ4n) is 3.86. The van der Waals surface area contributed by atoms with Crippen LogP contribution in [0.15, 0.2) is 16.1 Å². The van der Waals surface area contributed by atoms with Crippen LogP contribution in [0.1, 0.15) is 49.0 Å². The van der Waals surface area contributed by atoms with E-state index in [4.69, 9.17) is 9.26 Å². The van der Waals surface area contributed by atoms with Crippen LogP contribution in [0, 0.1) is 5.41 Å². The second-order valence-electron chi connectivity index (χ2n) is 7.09. The van der Waals surface area contributed by atoms with E-state index in [0.29, 0.717) is 29.7 Å². The van der Waals surface area contributed by atoms with Gasteiger partial charge < -0.3 is 14.6 Å². The lowest BCUT2D eigenvalue weighted by atomic mass is 9.93. The van der Waals surface area contributed by atoms with Gasteiger partial charge in [0.1, 0.15) is 11.1 Å². The minimum Gasteiger partial charge on any atom is -0.374 e. The van der Waals surface area contributed by atoms with Crippen LogP contribution in [-0.4, -0.2) is 46.3 Å². The molecule has 3 heterocycles. The lowest BCUT2D eigenvalue weighted by molar-refractivity contribution is 0.109. The van der Waals surface area contributed by atoms with E-state index in [1.165, 1.54) is 19.3 Å². The van der Waals surface area contributed by atoms with Gasteiger partial charge in [-0.15, -0.1) is 11.3 Å². The number of hydrogen-bond acceptors (Lipinski definition) is 8. The molecule has 2 aromatic rings. The molecule has 1 saturated heterocycles. The summed E-state index contributed by atoms with van der Waals surface area (Å²) in [5.74, 6) is 1.27. The Morgan fingerprint density at radius 3 is 3.00 bits per heavy atom. The Morgan fingerprint density at radius 2 is 2.28 bits per heavy atom. The molecule has 1 N–H and O–H groups in total. The van der Waals surface area contributed by atoms with Gasteiger partial charge in [0.05, 0.1) is 13.1 Å². The quantitative estimate of drug-likeness (QED) is 0.809. The second-order valence-corrected chi connectivity index (χ2v) is 8.07. The molecule has 136 valence electrons. The van der Waals surface area contributed by atoms with E-state index < -0.39 is 0 Å². The zero-order chi connectivity index (χ0) is 17.3. The van der Waals surface area contributed by atoms with Crippen molar-refractivity contribution in [3.8, 4) is 0 Å². The zero-order valence-corrected chi connectivity index (χ0v) is 15.6. The summed E-state index contributed by atoms with van der Waals surface area (Å²) in [6, 6.07) is 0.577. The Hall–Kier alpha value is -1.35. The van der Waals surface area contributed by atoms with Crippen LogP contribution >= 0.6 is 11.3 Å². The van der Waals surface area contributed by atoms with E-state index >= 15 is 0 Å². The van der Waals surface area contributed by atoms with Gasteiger partial charge in [-0.2, -0.15) is 4.98 Å². The molecule has 1 saturated carbocycles. The van der Waals surface area contributed by atoms with Crippen molar-refractivity contribution in [2.75, 3.05) is 20.2 Å². The highest BCUT2D eigenvalue weighted by molar-refractivity contribution is 7.09. The number of nitrogens with one attached hydrogen (secondary N) is 1. The largest absolute Gasteiger partial charge is 0.374 e. The summed E-state index contributed by atoms with van der Waals surface area (Å²) in [5, 5.41) is 10.7. The monoisotopic (exact) mass is 363 g/mol. The fraction of sp³-hybridized carbons (Fsp3) is 0.706. The second kappa shape index (κ2) is 7.11. The minimum atomic E-state index is -0.151. The third-order valence-electron chi connectivity index (χ3n) is 5.55. The number of hydrogen-bond donors (Lipinski definition) is 1. The summed E-state index contributed by atoms with van der Waals surface area (Å²) in [7, 11) is 1.65. The molecule has 1 spiro atoms. The van der Waals surface area contributed by atoms with Gasteiger partial charge in [0.15, 0.2) is 5.82 Å². The first-order chi connectivity index (χ1) is 12.2.